The van der Waals surface area contributed by atoms with Crippen molar-refractivity contribution in [3.8, 4) is 0 Å². The average molecular weight is 89.9 g/mol. The van der Waals surface area contributed by atoms with Crippen LogP contribution in [0.15, 0.2) is 24.2 Å². The van der Waals surface area contributed by atoms with Crippen LogP contribution in [0.3, 0.4) is 0 Å². The van der Waals surface area contributed by atoms with E-state index < -0.39 is 0 Å². The zero-order chi connectivity index (χ0) is 5.11. The summed E-state index contributed by atoms with van der Waals surface area (Å²) in [6.45, 7) is 4.17. The molecule has 34 valence electrons. The molecule has 0 nitrogen and oxygen atoms in total. The van der Waals surface area contributed by atoms with E-state index in [-0.39, 0.29) is 0 Å². The van der Waals surface area contributed by atoms with E-state index >= 15 is 0 Å². The van der Waals surface area contributed by atoms with E-state index in [1.54, 1.807) is 0 Å². The first-order valence-electron chi connectivity index (χ1n) is 2.41. The molecule has 0 amide bonds. The predicted molar refractivity (Wildman–Crippen MR) is 32.5 cm³/mol. The minimum absolute atomic E-state index is 1.32. The Labute approximate surface area is 44.4 Å². The molecule has 0 aliphatic heterocycles. The summed E-state index contributed by atoms with van der Waals surface area (Å²) in [4.78, 5) is 0. The Morgan fingerprint density at radius 2 is 2.29 bits per heavy atom. The number of hydrogen-bond donors (Lipinski definition) is 0. The van der Waals surface area contributed by atoms with E-state index in [9.17, 15) is 0 Å². The van der Waals surface area contributed by atoms with Gasteiger partial charge in [-0.3, -0.25) is 0 Å². The first kappa shape index (κ1) is 4.57. The Morgan fingerprint density at radius 1 is 1.43 bits per heavy atom. The zero-order valence-electron chi connectivity index (χ0n) is 4.39. The SMILES string of the molecule is Cc1bcccc1. The summed E-state index contributed by atoms with van der Waals surface area (Å²) in [5, 5.41) is 0. The molecular weight excluding hydrogens is 82.9 g/mol. The molecule has 0 N–H and O–H groups in total. The third-order valence-electron chi connectivity index (χ3n) is 0.940. The fourth-order valence-corrected chi connectivity index (χ4v) is 0.534. The molecule has 0 unspecified atom stereocenters. The summed E-state index contributed by atoms with van der Waals surface area (Å²) < 4.78 is 0. The second-order valence-corrected chi connectivity index (χ2v) is 1.65. The van der Waals surface area contributed by atoms with Crippen LogP contribution in [0.2, 0.25) is 0 Å². The van der Waals surface area contributed by atoms with E-state index in [0.717, 1.165) is 0 Å². The fraction of sp³-hybridized carbons (Fsp3) is 0.167. The molecule has 7 heavy (non-hydrogen) atoms. The van der Waals surface area contributed by atoms with Gasteiger partial charge in [0, 0.05) is 0 Å². The summed E-state index contributed by atoms with van der Waals surface area (Å²) in [6.07, 6.45) is 0. The number of aryl methyl sites for hydroxylation is 1. The Hall–Kier alpha value is -0.585. The van der Waals surface area contributed by atoms with Crippen molar-refractivity contribution >= 4 is 6.91 Å². The Balaban J connectivity index is 3.02. The van der Waals surface area contributed by atoms with Crippen molar-refractivity contribution in [1.29, 1.82) is 0 Å². The van der Waals surface area contributed by atoms with Gasteiger partial charge in [-0.15, -0.1) is 0 Å². The van der Waals surface area contributed by atoms with Gasteiger partial charge in [0.15, 0.2) is 0 Å². The second-order valence-electron chi connectivity index (χ2n) is 1.65. The van der Waals surface area contributed by atoms with Crippen molar-refractivity contribution < 1.29 is 0 Å². The molecule has 1 rings (SSSR count). The van der Waals surface area contributed by atoms with Crippen LogP contribution < -0.4 is 0 Å². The van der Waals surface area contributed by atoms with Crippen molar-refractivity contribution in [3.05, 3.63) is 29.6 Å². The zero-order valence-corrected chi connectivity index (χ0v) is 4.39. The van der Waals surface area contributed by atoms with Crippen LogP contribution in [-0.2, 0) is 0 Å². The summed E-state index contributed by atoms with van der Waals surface area (Å²) in [5.41, 5.74) is 1.32. The standard InChI is InChI=1S/C6H7B/c1-6-4-2-3-5-7-6/h2-5H,1H3. The third kappa shape index (κ3) is 1.15. The van der Waals surface area contributed by atoms with Gasteiger partial charge in [0.25, 0.3) is 0 Å². The first-order valence-corrected chi connectivity index (χ1v) is 2.41. The molecule has 1 heteroatoms. The number of rotatable bonds is 0. The summed E-state index contributed by atoms with van der Waals surface area (Å²) in [5.74, 6) is 2.04. The van der Waals surface area contributed by atoms with Gasteiger partial charge in [-0.2, -0.15) is 0 Å². The fourth-order valence-electron chi connectivity index (χ4n) is 0.534. The first-order chi connectivity index (χ1) is 3.39. The second kappa shape index (κ2) is 1.92. The molecule has 0 fully saturated rings. The van der Waals surface area contributed by atoms with Gasteiger partial charge < -0.3 is 0 Å². The molecule has 0 aliphatic carbocycles. The van der Waals surface area contributed by atoms with Crippen molar-refractivity contribution in [2.75, 3.05) is 0 Å². The quantitative estimate of drug-likeness (QED) is 0.450. The summed E-state index contributed by atoms with van der Waals surface area (Å²) >= 11 is 0. The van der Waals surface area contributed by atoms with Gasteiger partial charge in [0.1, 0.15) is 0 Å². The van der Waals surface area contributed by atoms with Crippen LogP contribution in [0.25, 0.3) is 0 Å². The van der Waals surface area contributed by atoms with Crippen LogP contribution in [0.4, 0.5) is 0 Å². The summed E-state index contributed by atoms with van der Waals surface area (Å²) in [6, 6.07) is 6.14. The van der Waals surface area contributed by atoms with Crippen LogP contribution >= 0.6 is 0 Å². The molecule has 0 atom stereocenters. The van der Waals surface area contributed by atoms with Gasteiger partial charge in [-0.05, 0) is 0 Å². The van der Waals surface area contributed by atoms with Crippen molar-refractivity contribution in [2.24, 2.45) is 0 Å². The van der Waals surface area contributed by atoms with E-state index in [4.69, 9.17) is 0 Å². The van der Waals surface area contributed by atoms with Crippen LogP contribution in [0.1, 0.15) is 5.46 Å². The van der Waals surface area contributed by atoms with Gasteiger partial charge in [0.05, 0.1) is 0 Å². The average Bonchev–Trinajstić information content (AvgIpc) is 1.69. The number of hydrogen-bond acceptors (Lipinski definition) is 0. The Bertz CT molecular complexity index is 134. The van der Waals surface area contributed by atoms with Crippen molar-refractivity contribution in [3.63, 3.8) is 0 Å². The van der Waals surface area contributed by atoms with E-state index in [2.05, 4.69) is 19.9 Å². The molecule has 1 aromatic rings. The van der Waals surface area contributed by atoms with Crippen LogP contribution in [-0.4, -0.2) is 6.91 Å². The minimum atomic E-state index is 1.32. The molecule has 1 heterocycles. The topological polar surface area (TPSA) is 0 Å². The van der Waals surface area contributed by atoms with Gasteiger partial charge in [-0.25, -0.2) is 0 Å². The van der Waals surface area contributed by atoms with Crippen LogP contribution in [0.5, 0.6) is 0 Å². The molecule has 0 bridgehead atoms. The van der Waals surface area contributed by atoms with E-state index in [0.29, 0.717) is 0 Å². The molecule has 1 aromatic heterocycles. The van der Waals surface area contributed by atoms with Gasteiger partial charge in [-0.1, -0.05) is 0 Å². The monoisotopic (exact) mass is 90.1 g/mol. The van der Waals surface area contributed by atoms with E-state index in [1.807, 2.05) is 18.1 Å². The molecule has 0 aliphatic rings. The maximum absolute atomic E-state index is 2.08. The van der Waals surface area contributed by atoms with Crippen molar-refractivity contribution in [1.82, 2.24) is 0 Å². The molecule has 0 saturated heterocycles. The molecule has 0 spiro atoms. The molecule has 0 radical (unpaired) electrons. The third-order valence-corrected chi connectivity index (χ3v) is 0.940. The molecule has 0 saturated carbocycles. The molecule has 0 aromatic carbocycles. The molecular formula is C6H7B. The van der Waals surface area contributed by atoms with Crippen LogP contribution in [0, 0.1) is 6.92 Å². The van der Waals surface area contributed by atoms with Crippen molar-refractivity contribution in [2.45, 2.75) is 6.92 Å². The Morgan fingerprint density at radius 3 is 2.57 bits per heavy atom. The van der Waals surface area contributed by atoms with E-state index in [1.165, 1.54) is 5.46 Å². The normalized spacial score (nSPS) is 8.14. The van der Waals surface area contributed by atoms with Gasteiger partial charge in [0.2, 0.25) is 0 Å². The van der Waals surface area contributed by atoms with Gasteiger partial charge >= 0.3 is 43.5 Å². The maximum atomic E-state index is 2.08. The Kier molecular flexibility index (Phi) is 1.25. The predicted octanol–water partition coefficient (Wildman–Crippen LogP) is 1.33. The summed E-state index contributed by atoms with van der Waals surface area (Å²) in [7, 11) is 0.